The van der Waals surface area contributed by atoms with E-state index in [1.54, 1.807) is 6.21 Å². The molecule has 1 N–H and O–H groups in total. The Labute approximate surface area is 138 Å². The fraction of sp³-hybridized carbons (Fsp3) is 0.111. The number of aromatic nitrogens is 2. The second kappa shape index (κ2) is 6.62. The molecule has 1 heterocycles. The van der Waals surface area contributed by atoms with Gasteiger partial charge in [-0.2, -0.15) is 10.2 Å². The van der Waals surface area contributed by atoms with Gasteiger partial charge >= 0.3 is 0 Å². The van der Waals surface area contributed by atoms with Gasteiger partial charge in [0.15, 0.2) is 5.82 Å². The van der Waals surface area contributed by atoms with Gasteiger partial charge in [0.2, 0.25) is 0 Å². The van der Waals surface area contributed by atoms with Gasteiger partial charge in [-0.05, 0) is 38.1 Å². The number of hydrogen-bond acceptors (Lipinski definition) is 3. The smallest absolute Gasteiger partial charge is 0.151 e. The summed E-state index contributed by atoms with van der Waals surface area (Å²) in [4.78, 5) is 0. The van der Waals surface area contributed by atoms with Gasteiger partial charge in [0.05, 0.1) is 29.0 Å². The van der Waals surface area contributed by atoms with Crippen molar-refractivity contribution < 1.29 is 8.78 Å². The summed E-state index contributed by atoms with van der Waals surface area (Å²) in [6.45, 7) is 3.82. The normalized spacial score (nSPS) is 11.2. The average Bonchev–Trinajstić information content (AvgIpc) is 2.85. The highest BCUT2D eigenvalue weighted by molar-refractivity contribution is 5.83. The van der Waals surface area contributed by atoms with Crippen LogP contribution in [-0.4, -0.2) is 16.0 Å². The van der Waals surface area contributed by atoms with E-state index in [2.05, 4.69) is 15.6 Å². The molecule has 4 nitrogen and oxygen atoms in total. The summed E-state index contributed by atoms with van der Waals surface area (Å²) >= 11 is 0. The molecule has 0 fully saturated rings. The number of hydrogen-bond donors (Lipinski definition) is 1. The first-order valence-electron chi connectivity index (χ1n) is 7.42. The Hall–Kier alpha value is -3.02. The van der Waals surface area contributed by atoms with Crippen LogP contribution < -0.4 is 5.43 Å². The summed E-state index contributed by atoms with van der Waals surface area (Å²) in [5.41, 5.74) is 6.22. The molecule has 0 aliphatic carbocycles. The Morgan fingerprint density at radius 3 is 2.54 bits per heavy atom. The van der Waals surface area contributed by atoms with Crippen molar-refractivity contribution in [3.63, 3.8) is 0 Å². The molecule has 2 aromatic carbocycles. The van der Waals surface area contributed by atoms with E-state index < -0.39 is 11.6 Å². The molecule has 0 spiro atoms. The van der Waals surface area contributed by atoms with Gasteiger partial charge in [0.1, 0.15) is 5.82 Å². The molecular formula is C18H16F2N4. The second-order valence-corrected chi connectivity index (χ2v) is 5.33. The van der Waals surface area contributed by atoms with Gasteiger partial charge in [0, 0.05) is 11.6 Å². The first-order chi connectivity index (χ1) is 11.6. The van der Waals surface area contributed by atoms with Crippen LogP contribution in [0.1, 0.15) is 17.0 Å². The molecule has 0 bridgehead atoms. The lowest BCUT2D eigenvalue weighted by molar-refractivity contribution is 0.585. The number of aryl methyl sites for hydroxylation is 1. The van der Waals surface area contributed by atoms with Crippen LogP contribution in [0.5, 0.6) is 0 Å². The molecule has 0 saturated heterocycles. The minimum Gasteiger partial charge on any atom is -0.276 e. The van der Waals surface area contributed by atoms with Crippen molar-refractivity contribution in [2.45, 2.75) is 13.8 Å². The van der Waals surface area contributed by atoms with Crippen LogP contribution >= 0.6 is 0 Å². The number of benzene rings is 2. The van der Waals surface area contributed by atoms with Gasteiger partial charge in [-0.15, -0.1) is 0 Å². The lowest BCUT2D eigenvalue weighted by Gasteiger charge is -2.04. The number of anilines is 1. The Bertz CT molecular complexity index is 886. The quantitative estimate of drug-likeness (QED) is 0.576. The molecule has 3 aromatic rings. The Kier molecular flexibility index (Phi) is 4.37. The third-order valence-electron chi connectivity index (χ3n) is 3.66. The Morgan fingerprint density at radius 1 is 1.08 bits per heavy atom. The highest BCUT2D eigenvalue weighted by Crippen LogP contribution is 2.17. The molecule has 0 atom stereocenters. The third kappa shape index (κ3) is 3.17. The van der Waals surface area contributed by atoms with E-state index in [0.717, 1.165) is 28.7 Å². The van der Waals surface area contributed by atoms with Crippen molar-refractivity contribution in [2.75, 3.05) is 5.43 Å². The SMILES string of the molecule is Cc1nn(-c2ccccc2)c(C)c1/C=N/Nc1ccc(F)cc1F. The van der Waals surface area contributed by atoms with Crippen LogP contribution in [0.25, 0.3) is 5.69 Å². The second-order valence-electron chi connectivity index (χ2n) is 5.33. The number of nitrogens with zero attached hydrogens (tertiary/aromatic N) is 3. The van der Waals surface area contributed by atoms with Crippen molar-refractivity contribution in [2.24, 2.45) is 5.10 Å². The van der Waals surface area contributed by atoms with E-state index in [1.165, 1.54) is 12.1 Å². The molecule has 0 aliphatic heterocycles. The van der Waals surface area contributed by atoms with E-state index >= 15 is 0 Å². The van der Waals surface area contributed by atoms with Gasteiger partial charge in [-0.3, -0.25) is 5.43 Å². The Morgan fingerprint density at radius 2 is 1.83 bits per heavy atom. The standard InChI is InChI=1S/C18H16F2N4/c1-12-16(11-21-22-18-9-8-14(19)10-17(18)20)13(2)24(23-12)15-6-4-3-5-7-15/h3-11,22H,1-2H3/b21-11+. The highest BCUT2D eigenvalue weighted by atomic mass is 19.1. The van der Waals surface area contributed by atoms with Crippen molar-refractivity contribution in [1.29, 1.82) is 0 Å². The third-order valence-corrected chi connectivity index (χ3v) is 3.66. The van der Waals surface area contributed by atoms with Crippen molar-refractivity contribution in [3.05, 3.63) is 77.1 Å². The molecule has 1 aromatic heterocycles. The molecule has 0 unspecified atom stereocenters. The molecule has 0 saturated carbocycles. The molecule has 6 heteroatoms. The molecular weight excluding hydrogens is 310 g/mol. The number of halogens is 2. The van der Waals surface area contributed by atoms with E-state index in [0.29, 0.717) is 0 Å². The zero-order chi connectivity index (χ0) is 17.1. The molecule has 24 heavy (non-hydrogen) atoms. The van der Waals surface area contributed by atoms with Gasteiger partial charge < -0.3 is 0 Å². The predicted molar refractivity (Wildman–Crippen MR) is 90.6 cm³/mol. The summed E-state index contributed by atoms with van der Waals surface area (Å²) in [5, 5.41) is 8.55. The summed E-state index contributed by atoms with van der Waals surface area (Å²) in [7, 11) is 0. The molecule has 0 radical (unpaired) electrons. The summed E-state index contributed by atoms with van der Waals surface area (Å²) in [6, 6.07) is 13.0. The first-order valence-corrected chi connectivity index (χ1v) is 7.42. The number of para-hydroxylation sites is 1. The lowest BCUT2D eigenvalue weighted by Crippen LogP contribution is -1.99. The summed E-state index contributed by atoms with van der Waals surface area (Å²) in [5.74, 6) is -1.32. The molecule has 122 valence electrons. The van der Waals surface area contributed by atoms with Crippen LogP contribution in [-0.2, 0) is 0 Å². The predicted octanol–water partition coefficient (Wildman–Crippen LogP) is 4.21. The largest absolute Gasteiger partial charge is 0.276 e. The number of hydrazone groups is 1. The zero-order valence-corrected chi connectivity index (χ0v) is 13.3. The Balaban J connectivity index is 1.84. The maximum Gasteiger partial charge on any atom is 0.151 e. The fourth-order valence-electron chi connectivity index (χ4n) is 2.41. The van der Waals surface area contributed by atoms with E-state index in [1.807, 2.05) is 48.9 Å². The summed E-state index contributed by atoms with van der Waals surface area (Å²) in [6.07, 6.45) is 1.58. The van der Waals surface area contributed by atoms with E-state index in [9.17, 15) is 8.78 Å². The van der Waals surface area contributed by atoms with Crippen LogP contribution in [0.2, 0.25) is 0 Å². The van der Waals surface area contributed by atoms with Crippen LogP contribution in [0.15, 0.2) is 53.6 Å². The topological polar surface area (TPSA) is 42.2 Å². The van der Waals surface area contributed by atoms with Crippen molar-refractivity contribution in [3.8, 4) is 5.69 Å². The van der Waals surface area contributed by atoms with E-state index in [-0.39, 0.29) is 5.69 Å². The highest BCUT2D eigenvalue weighted by Gasteiger charge is 2.11. The minimum atomic E-state index is -0.694. The summed E-state index contributed by atoms with van der Waals surface area (Å²) < 4.78 is 28.3. The van der Waals surface area contributed by atoms with Crippen LogP contribution in [0.3, 0.4) is 0 Å². The maximum absolute atomic E-state index is 13.6. The van der Waals surface area contributed by atoms with Crippen LogP contribution in [0, 0.1) is 25.5 Å². The molecule has 0 amide bonds. The fourth-order valence-corrected chi connectivity index (χ4v) is 2.41. The first kappa shape index (κ1) is 15.9. The van der Waals surface area contributed by atoms with Gasteiger partial charge in [0.25, 0.3) is 0 Å². The van der Waals surface area contributed by atoms with Crippen molar-refractivity contribution in [1.82, 2.24) is 9.78 Å². The minimum absolute atomic E-state index is 0.110. The monoisotopic (exact) mass is 326 g/mol. The zero-order valence-electron chi connectivity index (χ0n) is 13.3. The van der Waals surface area contributed by atoms with Gasteiger partial charge in [-0.1, -0.05) is 18.2 Å². The van der Waals surface area contributed by atoms with Crippen molar-refractivity contribution >= 4 is 11.9 Å². The lowest BCUT2D eigenvalue weighted by atomic mass is 10.2. The number of nitrogens with one attached hydrogen (secondary N) is 1. The van der Waals surface area contributed by atoms with E-state index in [4.69, 9.17) is 0 Å². The number of rotatable bonds is 4. The maximum atomic E-state index is 13.6. The van der Waals surface area contributed by atoms with Crippen LogP contribution in [0.4, 0.5) is 14.5 Å². The molecule has 3 rings (SSSR count). The molecule has 0 aliphatic rings. The average molecular weight is 326 g/mol. The van der Waals surface area contributed by atoms with Gasteiger partial charge in [-0.25, -0.2) is 13.5 Å².